The van der Waals surface area contributed by atoms with Crippen molar-refractivity contribution in [3.63, 3.8) is 0 Å². The second-order valence-electron chi connectivity index (χ2n) is 6.55. The lowest BCUT2D eigenvalue weighted by Crippen LogP contribution is -2.15. The second-order valence-corrected chi connectivity index (χ2v) is 8.18. The first-order valence-corrected chi connectivity index (χ1v) is 10.6. The van der Waals surface area contributed by atoms with Gasteiger partial charge in [0.1, 0.15) is 19.5 Å². The molecule has 0 amide bonds. The molecule has 0 saturated carbocycles. The molecule has 0 aliphatic carbocycles. The van der Waals surface area contributed by atoms with Gasteiger partial charge in [0.15, 0.2) is 17.3 Å². The summed E-state index contributed by atoms with van der Waals surface area (Å²) >= 11 is 4.96. The molecule has 0 radical (unpaired) electrons. The summed E-state index contributed by atoms with van der Waals surface area (Å²) in [5.74, 6) is 2.33. The van der Waals surface area contributed by atoms with E-state index in [0.29, 0.717) is 18.8 Å². The summed E-state index contributed by atoms with van der Waals surface area (Å²) in [6, 6.07) is 17.6. The number of benzene rings is 3. The van der Waals surface area contributed by atoms with Crippen LogP contribution in [-0.4, -0.2) is 23.9 Å². The zero-order valence-electron chi connectivity index (χ0n) is 15.1. The normalized spacial score (nSPS) is 12.7. The molecule has 1 N–H and O–H groups in total. The van der Waals surface area contributed by atoms with Gasteiger partial charge in [-0.3, -0.25) is 4.79 Å². The van der Waals surface area contributed by atoms with Gasteiger partial charge < -0.3 is 14.8 Å². The minimum absolute atomic E-state index is 0.563. The Morgan fingerprint density at radius 3 is 2.72 bits per heavy atom. The van der Waals surface area contributed by atoms with Gasteiger partial charge in [-0.15, -0.1) is 0 Å². The van der Waals surface area contributed by atoms with Crippen LogP contribution in [0, 0.1) is 0 Å². The van der Waals surface area contributed by atoms with E-state index < -0.39 is 0 Å². The smallest absolute Gasteiger partial charge is 0.161 e. The quantitative estimate of drug-likeness (QED) is 0.370. The predicted molar refractivity (Wildman–Crippen MR) is 119 cm³/mol. The van der Waals surface area contributed by atoms with Gasteiger partial charge in [-0.25, -0.2) is 0 Å². The van der Waals surface area contributed by atoms with Gasteiger partial charge in [0, 0.05) is 21.0 Å². The Morgan fingerprint density at radius 2 is 1.90 bits per heavy atom. The third-order valence-corrected chi connectivity index (χ3v) is 6.29. The number of ether oxygens (including phenoxy) is 2. The summed E-state index contributed by atoms with van der Waals surface area (Å²) in [6.07, 6.45) is 0.826. The van der Waals surface area contributed by atoms with E-state index in [1.165, 1.54) is 11.5 Å². The molecule has 0 atom stereocenters. The molecule has 0 bridgehead atoms. The predicted octanol–water partition coefficient (Wildman–Crippen LogP) is 6.05. The van der Waals surface area contributed by atoms with Gasteiger partial charge in [0.05, 0.1) is 10.4 Å². The van der Waals surface area contributed by atoms with Crippen molar-refractivity contribution in [2.24, 2.45) is 0 Å². The van der Waals surface area contributed by atoms with Crippen molar-refractivity contribution < 1.29 is 14.3 Å². The minimum Gasteiger partial charge on any atom is -0.486 e. The lowest BCUT2D eigenvalue weighted by Gasteiger charge is -2.19. The molecule has 1 aromatic heterocycles. The summed E-state index contributed by atoms with van der Waals surface area (Å²) in [6.45, 7) is 1.14. The van der Waals surface area contributed by atoms with Crippen LogP contribution in [0.4, 0.5) is 11.5 Å². The van der Waals surface area contributed by atoms with Crippen LogP contribution < -0.4 is 14.8 Å². The molecule has 0 spiro atoms. The third-order valence-electron chi connectivity index (χ3n) is 4.73. The SMILES string of the molecule is O=Cc1ccc(Nc2nsc3c(-c4ccc5c(c4)OCCO5)cccc23)c(Br)c1. The van der Waals surface area contributed by atoms with Crippen LogP contribution in [-0.2, 0) is 0 Å². The highest BCUT2D eigenvalue weighted by Gasteiger charge is 2.16. The monoisotopic (exact) mass is 466 g/mol. The molecule has 0 unspecified atom stereocenters. The lowest BCUT2D eigenvalue weighted by molar-refractivity contribution is 0.112. The van der Waals surface area contributed by atoms with Gasteiger partial charge in [0.2, 0.25) is 0 Å². The van der Waals surface area contributed by atoms with E-state index in [2.05, 4.69) is 37.8 Å². The molecule has 5 rings (SSSR count). The van der Waals surface area contributed by atoms with Crippen LogP contribution >= 0.6 is 27.5 Å². The number of hydrogen-bond donors (Lipinski definition) is 1. The molecule has 1 aliphatic rings. The summed E-state index contributed by atoms with van der Waals surface area (Å²) in [7, 11) is 0. The number of halogens is 1. The fraction of sp³-hybridized carbons (Fsp3) is 0.0909. The molecule has 3 aromatic carbocycles. The Labute approximate surface area is 179 Å². The fourth-order valence-electron chi connectivity index (χ4n) is 3.32. The number of carbonyl (C=O) groups excluding carboxylic acids is 1. The van der Waals surface area contributed by atoms with Crippen molar-refractivity contribution >= 4 is 55.3 Å². The van der Waals surface area contributed by atoms with Crippen LogP contribution in [0.3, 0.4) is 0 Å². The van der Waals surface area contributed by atoms with Crippen LogP contribution in [0.5, 0.6) is 11.5 Å². The highest BCUT2D eigenvalue weighted by atomic mass is 79.9. The first kappa shape index (κ1) is 18.1. The number of hydrogen-bond acceptors (Lipinski definition) is 6. The number of aldehydes is 1. The molecular weight excluding hydrogens is 452 g/mol. The maximum absolute atomic E-state index is 11.0. The lowest BCUT2D eigenvalue weighted by atomic mass is 10.0. The largest absolute Gasteiger partial charge is 0.486 e. The highest BCUT2D eigenvalue weighted by Crippen LogP contribution is 2.40. The van der Waals surface area contributed by atoms with Crippen molar-refractivity contribution in [2.45, 2.75) is 0 Å². The van der Waals surface area contributed by atoms with Crippen LogP contribution in [0.25, 0.3) is 21.2 Å². The molecule has 7 heteroatoms. The number of nitrogens with zero attached hydrogens (tertiary/aromatic N) is 1. The molecule has 4 aromatic rings. The topological polar surface area (TPSA) is 60.5 Å². The zero-order valence-corrected chi connectivity index (χ0v) is 17.5. The van der Waals surface area contributed by atoms with E-state index in [0.717, 1.165) is 55.0 Å². The molecule has 0 fully saturated rings. The van der Waals surface area contributed by atoms with Crippen molar-refractivity contribution in [3.05, 3.63) is 64.6 Å². The second kappa shape index (κ2) is 7.50. The van der Waals surface area contributed by atoms with Crippen molar-refractivity contribution in [2.75, 3.05) is 18.5 Å². The molecule has 29 heavy (non-hydrogen) atoms. The van der Waals surface area contributed by atoms with Crippen molar-refractivity contribution in [1.82, 2.24) is 4.37 Å². The average molecular weight is 467 g/mol. The standard InChI is InChI=1S/C22H15BrN2O3S/c23-17-10-13(12-26)4-6-18(17)24-22-16-3-1-2-15(21(16)29-25-22)14-5-7-19-20(11-14)28-9-8-27-19/h1-7,10-12H,8-9H2,(H,24,25). The Balaban J connectivity index is 1.54. The van der Waals surface area contributed by atoms with E-state index in [9.17, 15) is 4.79 Å². The molecule has 0 saturated heterocycles. The van der Waals surface area contributed by atoms with E-state index >= 15 is 0 Å². The summed E-state index contributed by atoms with van der Waals surface area (Å²) < 4.78 is 17.9. The molecule has 2 heterocycles. The van der Waals surface area contributed by atoms with Gasteiger partial charge >= 0.3 is 0 Å². The van der Waals surface area contributed by atoms with Gasteiger partial charge in [-0.1, -0.05) is 18.2 Å². The van der Waals surface area contributed by atoms with E-state index in [1.54, 1.807) is 12.1 Å². The van der Waals surface area contributed by atoms with Crippen molar-refractivity contribution in [1.29, 1.82) is 0 Å². The highest BCUT2D eigenvalue weighted by molar-refractivity contribution is 9.10. The Hall–Kier alpha value is -2.90. The summed E-state index contributed by atoms with van der Waals surface area (Å²) in [4.78, 5) is 11.0. The maximum atomic E-state index is 11.0. The van der Waals surface area contributed by atoms with Crippen LogP contribution in [0.15, 0.2) is 59.1 Å². The van der Waals surface area contributed by atoms with Crippen LogP contribution in [0.1, 0.15) is 10.4 Å². The zero-order chi connectivity index (χ0) is 19.8. The minimum atomic E-state index is 0.563. The summed E-state index contributed by atoms with van der Waals surface area (Å²) in [5.41, 5.74) is 3.63. The van der Waals surface area contributed by atoms with E-state index in [1.807, 2.05) is 30.3 Å². The summed E-state index contributed by atoms with van der Waals surface area (Å²) in [5, 5.41) is 4.40. The Kier molecular flexibility index (Phi) is 4.69. The first-order valence-electron chi connectivity index (χ1n) is 9.03. The number of aromatic nitrogens is 1. The van der Waals surface area contributed by atoms with E-state index in [4.69, 9.17) is 9.47 Å². The number of fused-ring (bicyclic) bond motifs is 2. The molecular formula is C22H15BrN2O3S. The molecule has 144 valence electrons. The van der Waals surface area contributed by atoms with Gasteiger partial charge in [-0.05, 0) is 69.4 Å². The van der Waals surface area contributed by atoms with Crippen molar-refractivity contribution in [3.8, 4) is 22.6 Å². The Morgan fingerprint density at radius 1 is 1.03 bits per heavy atom. The molecule has 1 aliphatic heterocycles. The third kappa shape index (κ3) is 3.36. The number of anilines is 2. The Bertz CT molecular complexity index is 1240. The fourth-order valence-corrected chi connectivity index (χ4v) is 4.69. The maximum Gasteiger partial charge on any atom is 0.161 e. The first-order chi connectivity index (χ1) is 14.2. The van der Waals surface area contributed by atoms with Crippen LogP contribution in [0.2, 0.25) is 0 Å². The van der Waals surface area contributed by atoms with Gasteiger partial charge in [-0.2, -0.15) is 4.37 Å². The number of rotatable bonds is 4. The number of nitrogens with one attached hydrogen (secondary N) is 1. The molecule has 5 nitrogen and oxygen atoms in total. The number of carbonyl (C=O) groups is 1. The van der Waals surface area contributed by atoms with E-state index in [-0.39, 0.29) is 0 Å². The average Bonchev–Trinajstić information content (AvgIpc) is 3.17. The van der Waals surface area contributed by atoms with Gasteiger partial charge in [0.25, 0.3) is 0 Å².